The summed E-state index contributed by atoms with van der Waals surface area (Å²) in [6.07, 6.45) is -0.624. The van der Waals surface area contributed by atoms with E-state index in [2.05, 4.69) is 20.3 Å². The minimum atomic E-state index is -2.89. The van der Waals surface area contributed by atoms with E-state index < -0.39 is 18.7 Å². The zero-order valence-electron chi connectivity index (χ0n) is 13.9. The Balaban J connectivity index is 1.93. The fourth-order valence-electron chi connectivity index (χ4n) is 2.66. The van der Waals surface area contributed by atoms with Crippen molar-refractivity contribution in [1.29, 1.82) is 0 Å². The summed E-state index contributed by atoms with van der Waals surface area (Å²) >= 11 is 0. The summed E-state index contributed by atoms with van der Waals surface area (Å²) in [7, 11) is 0. The van der Waals surface area contributed by atoms with Crippen molar-refractivity contribution in [2.45, 2.75) is 45.6 Å². The number of nitrogens with one attached hydrogen (secondary N) is 2. The van der Waals surface area contributed by atoms with Crippen LogP contribution in [0.1, 0.15) is 19.4 Å². The summed E-state index contributed by atoms with van der Waals surface area (Å²) < 4.78 is 28.7. The van der Waals surface area contributed by atoms with Crippen molar-refractivity contribution in [3.8, 4) is 5.75 Å². The zero-order chi connectivity index (χ0) is 17.9. The van der Waals surface area contributed by atoms with Crippen LogP contribution in [-0.4, -0.2) is 53.9 Å². The van der Waals surface area contributed by atoms with Crippen LogP contribution in [-0.2, 0) is 0 Å². The summed E-state index contributed by atoms with van der Waals surface area (Å²) in [5.74, 6) is 0.0345. The fraction of sp³-hybridized carbons (Fsp3) is 0.562. The second kappa shape index (κ2) is 7.76. The first-order valence-corrected chi connectivity index (χ1v) is 7.81. The Morgan fingerprint density at radius 3 is 2.62 bits per heavy atom. The second-order valence-corrected chi connectivity index (χ2v) is 6.18. The van der Waals surface area contributed by atoms with E-state index in [1.54, 1.807) is 6.92 Å². The van der Waals surface area contributed by atoms with E-state index in [0.29, 0.717) is 30.4 Å². The van der Waals surface area contributed by atoms with Crippen LogP contribution in [0.2, 0.25) is 0 Å². The predicted molar refractivity (Wildman–Crippen MR) is 86.5 cm³/mol. The van der Waals surface area contributed by atoms with E-state index in [9.17, 15) is 18.7 Å². The van der Waals surface area contributed by atoms with Gasteiger partial charge in [0.1, 0.15) is 5.75 Å². The molecule has 24 heavy (non-hydrogen) atoms. The minimum Gasteiger partial charge on any atom is -0.435 e. The Hall–Kier alpha value is -1.93. The lowest BCUT2D eigenvalue weighted by Gasteiger charge is -2.20. The average Bonchev–Trinajstić information content (AvgIpc) is 2.83. The maximum atomic E-state index is 12.2. The number of nitrogens with zero attached hydrogens (tertiary/aromatic N) is 1. The Bertz CT molecular complexity index is 584. The number of hydrogen-bond acceptors (Lipinski definition) is 4. The summed E-state index contributed by atoms with van der Waals surface area (Å²) in [6, 6.07) is 3.77. The third kappa shape index (κ3) is 4.78. The molecule has 0 aromatic heterocycles. The van der Waals surface area contributed by atoms with Crippen LogP contribution >= 0.6 is 0 Å². The summed E-state index contributed by atoms with van der Waals surface area (Å²) in [4.78, 5) is 14.2. The highest BCUT2D eigenvalue weighted by Crippen LogP contribution is 2.23. The number of rotatable bonds is 5. The molecule has 2 rings (SSSR count). The van der Waals surface area contributed by atoms with Crippen molar-refractivity contribution in [3.05, 3.63) is 23.8 Å². The fourth-order valence-corrected chi connectivity index (χ4v) is 2.66. The summed E-state index contributed by atoms with van der Waals surface area (Å²) in [5.41, 5.74) is 1.08. The van der Waals surface area contributed by atoms with Gasteiger partial charge in [-0.3, -0.25) is 4.90 Å². The van der Waals surface area contributed by atoms with Gasteiger partial charge >= 0.3 is 12.6 Å². The van der Waals surface area contributed by atoms with E-state index in [-0.39, 0.29) is 11.8 Å². The normalized spacial score (nSPS) is 21.3. The monoisotopic (exact) mass is 343 g/mol. The number of aliphatic hydroxyl groups is 1. The largest absolute Gasteiger partial charge is 0.435 e. The number of carbonyl (C=O) groups is 1. The lowest BCUT2D eigenvalue weighted by Crippen LogP contribution is -2.45. The van der Waals surface area contributed by atoms with Crippen LogP contribution in [0, 0.1) is 6.92 Å². The van der Waals surface area contributed by atoms with Gasteiger partial charge < -0.3 is 20.5 Å². The molecule has 1 saturated heterocycles. The van der Waals surface area contributed by atoms with Crippen molar-refractivity contribution in [2.75, 3.05) is 18.4 Å². The van der Waals surface area contributed by atoms with Crippen molar-refractivity contribution in [2.24, 2.45) is 0 Å². The number of urea groups is 1. The van der Waals surface area contributed by atoms with Crippen LogP contribution in [0.15, 0.2) is 18.2 Å². The number of likely N-dealkylation sites (tertiary alicyclic amines) is 1. The van der Waals surface area contributed by atoms with E-state index in [1.807, 2.05) is 13.8 Å². The van der Waals surface area contributed by atoms with E-state index >= 15 is 0 Å². The molecule has 1 aromatic carbocycles. The first-order valence-electron chi connectivity index (χ1n) is 7.81. The maximum Gasteiger partial charge on any atom is 0.387 e. The molecule has 1 heterocycles. The molecule has 1 aliphatic rings. The zero-order valence-corrected chi connectivity index (χ0v) is 13.9. The third-order valence-corrected chi connectivity index (χ3v) is 4.04. The number of benzene rings is 1. The lowest BCUT2D eigenvalue weighted by atomic mass is 10.2. The van der Waals surface area contributed by atoms with Gasteiger partial charge in [0.2, 0.25) is 0 Å². The summed E-state index contributed by atoms with van der Waals surface area (Å²) in [6.45, 7) is 3.94. The molecule has 0 bridgehead atoms. The molecule has 134 valence electrons. The molecule has 0 unspecified atom stereocenters. The van der Waals surface area contributed by atoms with E-state index in [4.69, 9.17) is 0 Å². The van der Waals surface area contributed by atoms with Gasteiger partial charge in [-0.05, 0) is 44.5 Å². The van der Waals surface area contributed by atoms with Crippen molar-refractivity contribution in [3.63, 3.8) is 0 Å². The molecule has 0 aliphatic carbocycles. The SMILES string of the molecule is Cc1cc(OC(F)F)ccc1NC(=O)N[C@@H]1CN(C(C)C)C[C@H]1O. The lowest BCUT2D eigenvalue weighted by molar-refractivity contribution is -0.0498. The maximum absolute atomic E-state index is 12.2. The van der Waals surface area contributed by atoms with Gasteiger partial charge in [-0.2, -0.15) is 8.78 Å². The number of amides is 2. The third-order valence-electron chi connectivity index (χ3n) is 4.04. The second-order valence-electron chi connectivity index (χ2n) is 6.18. The predicted octanol–water partition coefficient (Wildman–Crippen LogP) is 2.17. The Morgan fingerprint density at radius 1 is 1.38 bits per heavy atom. The number of carbonyl (C=O) groups excluding carboxylic acids is 1. The molecule has 0 saturated carbocycles. The van der Waals surface area contributed by atoms with Gasteiger partial charge in [0.05, 0.1) is 12.1 Å². The van der Waals surface area contributed by atoms with Crippen LogP contribution in [0.25, 0.3) is 0 Å². The van der Waals surface area contributed by atoms with E-state index in [1.165, 1.54) is 18.2 Å². The topological polar surface area (TPSA) is 73.8 Å². The Labute approximate surface area is 139 Å². The van der Waals surface area contributed by atoms with Gasteiger partial charge in [-0.15, -0.1) is 0 Å². The highest BCUT2D eigenvalue weighted by Gasteiger charge is 2.33. The molecule has 1 fully saturated rings. The molecule has 2 amide bonds. The molecule has 2 atom stereocenters. The van der Waals surface area contributed by atoms with Gasteiger partial charge in [0, 0.05) is 24.8 Å². The van der Waals surface area contributed by atoms with Gasteiger partial charge in [0.15, 0.2) is 0 Å². The highest BCUT2D eigenvalue weighted by molar-refractivity contribution is 5.90. The average molecular weight is 343 g/mol. The number of ether oxygens (including phenoxy) is 1. The molecule has 1 aliphatic heterocycles. The quantitative estimate of drug-likeness (QED) is 0.766. The van der Waals surface area contributed by atoms with Crippen molar-refractivity contribution in [1.82, 2.24) is 10.2 Å². The molecule has 0 radical (unpaired) electrons. The van der Waals surface area contributed by atoms with Crippen LogP contribution in [0.4, 0.5) is 19.3 Å². The molecule has 6 nitrogen and oxygen atoms in total. The molecule has 3 N–H and O–H groups in total. The first-order chi connectivity index (χ1) is 11.3. The van der Waals surface area contributed by atoms with Gasteiger partial charge in [0.25, 0.3) is 0 Å². The number of hydrogen-bond donors (Lipinski definition) is 3. The Kier molecular flexibility index (Phi) is 5.95. The number of aliphatic hydroxyl groups excluding tert-OH is 1. The van der Waals surface area contributed by atoms with Gasteiger partial charge in [-0.25, -0.2) is 4.79 Å². The van der Waals surface area contributed by atoms with Crippen molar-refractivity contribution < 1.29 is 23.4 Å². The molecule has 0 spiro atoms. The minimum absolute atomic E-state index is 0.0345. The van der Waals surface area contributed by atoms with Crippen LogP contribution < -0.4 is 15.4 Å². The Morgan fingerprint density at radius 2 is 2.08 bits per heavy atom. The van der Waals surface area contributed by atoms with Crippen LogP contribution in [0.3, 0.4) is 0 Å². The smallest absolute Gasteiger partial charge is 0.387 e. The number of halogens is 2. The number of alkyl halides is 2. The van der Waals surface area contributed by atoms with Crippen LogP contribution in [0.5, 0.6) is 5.75 Å². The molecule has 8 heteroatoms. The molecule has 1 aromatic rings. The standard InChI is InChI=1S/C16H23F2N3O3/c1-9(2)21-7-13(14(22)8-21)20-16(23)19-12-5-4-11(6-10(12)3)24-15(17)18/h4-6,9,13-15,22H,7-8H2,1-3H3,(H2,19,20,23)/t13-,14-/m1/s1. The first kappa shape index (κ1) is 18.4. The highest BCUT2D eigenvalue weighted by atomic mass is 19.3. The number of anilines is 1. The van der Waals surface area contributed by atoms with E-state index in [0.717, 1.165) is 0 Å². The van der Waals surface area contributed by atoms with Crippen molar-refractivity contribution >= 4 is 11.7 Å². The molecular formula is C16H23F2N3O3. The molecular weight excluding hydrogens is 320 g/mol. The number of β-amino-alcohol motifs (C(OH)–C–C–N with tert-alkyl or cyclic N) is 1. The van der Waals surface area contributed by atoms with Gasteiger partial charge in [-0.1, -0.05) is 0 Å². The number of aryl methyl sites for hydroxylation is 1. The summed E-state index contributed by atoms with van der Waals surface area (Å²) in [5, 5.41) is 15.4.